The summed E-state index contributed by atoms with van der Waals surface area (Å²) < 4.78 is 0. The van der Waals surface area contributed by atoms with Gasteiger partial charge in [-0.1, -0.05) is 19.8 Å². The first-order valence-corrected chi connectivity index (χ1v) is 5.56. The number of unbranched alkanes of at least 4 members (excludes halogenated alkanes) is 1. The fraction of sp³-hybridized carbons (Fsp3) is 0.750. The highest BCUT2D eigenvalue weighted by Gasteiger charge is 2.28. The third-order valence-electron chi connectivity index (χ3n) is 2.77. The Morgan fingerprint density at radius 1 is 1.50 bits per heavy atom. The summed E-state index contributed by atoms with van der Waals surface area (Å²) in [5, 5.41) is 0. The van der Waals surface area contributed by atoms with Gasteiger partial charge in [0, 0.05) is 31.8 Å². The van der Waals surface area contributed by atoms with Gasteiger partial charge in [-0.15, -0.1) is 0 Å². The van der Waals surface area contributed by atoms with E-state index in [0.29, 0.717) is 11.7 Å². The van der Waals surface area contributed by atoms with Gasteiger partial charge in [0.15, 0.2) is 5.78 Å². The van der Waals surface area contributed by atoms with E-state index in [0.717, 1.165) is 24.8 Å². The SMILES string of the molecule is CCCCC1CC/C(=C\N(C)C)C1=O. The summed E-state index contributed by atoms with van der Waals surface area (Å²) >= 11 is 0. The van der Waals surface area contributed by atoms with E-state index in [9.17, 15) is 4.79 Å². The Morgan fingerprint density at radius 2 is 2.21 bits per heavy atom. The van der Waals surface area contributed by atoms with Crippen molar-refractivity contribution in [1.82, 2.24) is 4.90 Å². The van der Waals surface area contributed by atoms with Crippen LogP contribution in [-0.4, -0.2) is 24.8 Å². The minimum atomic E-state index is 0.321. The largest absolute Gasteiger partial charge is 0.383 e. The third-order valence-corrected chi connectivity index (χ3v) is 2.77. The van der Waals surface area contributed by atoms with Crippen molar-refractivity contribution in [3.05, 3.63) is 11.8 Å². The van der Waals surface area contributed by atoms with Crippen molar-refractivity contribution < 1.29 is 4.79 Å². The van der Waals surface area contributed by atoms with Gasteiger partial charge in [0.05, 0.1) is 0 Å². The lowest BCUT2D eigenvalue weighted by molar-refractivity contribution is -0.118. The molecule has 0 bridgehead atoms. The number of hydrogen-bond acceptors (Lipinski definition) is 2. The highest BCUT2D eigenvalue weighted by Crippen LogP contribution is 2.30. The Kier molecular flexibility index (Phi) is 4.18. The number of carbonyl (C=O) groups is 1. The lowest BCUT2D eigenvalue weighted by Gasteiger charge is -2.07. The van der Waals surface area contributed by atoms with Gasteiger partial charge in [0.1, 0.15) is 0 Å². The molecule has 2 nitrogen and oxygen atoms in total. The first kappa shape index (κ1) is 11.3. The van der Waals surface area contributed by atoms with E-state index in [2.05, 4.69) is 6.92 Å². The van der Waals surface area contributed by atoms with Gasteiger partial charge in [-0.05, 0) is 19.3 Å². The van der Waals surface area contributed by atoms with E-state index in [1.54, 1.807) is 0 Å². The lowest BCUT2D eigenvalue weighted by atomic mass is 9.99. The Labute approximate surface area is 87.0 Å². The normalized spacial score (nSPS) is 24.6. The summed E-state index contributed by atoms with van der Waals surface area (Å²) in [5.74, 6) is 0.716. The van der Waals surface area contributed by atoms with Crippen LogP contribution in [0.1, 0.15) is 39.0 Å². The number of allylic oxidation sites excluding steroid dienone is 1. The van der Waals surface area contributed by atoms with E-state index in [-0.39, 0.29) is 0 Å². The summed E-state index contributed by atoms with van der Waals surface area (Å²) in [7, 11) is 3.94. The quantitative estimate of drug-likeness (QED) is 0.643. The second-order valence-corrected chi connectivity index (χ2v) is 4.36. The van der Waals surface area contributed by atoms with Gasteiger partial charge in [-0.3, -0.25) is 4.79 Å². The summed E-state index contributed by atoms with van der Waals surface area (Å²) in [4.78, 5) is 13.8. The molecule has 0 amide bonds. The molecule has 80 valence electrons. The van der Waals surface area contributed by atoms with E-state index in [4.69, 9.17) is 0 Å². The molecule has 0 aromatic carbocycles. The van der Waals surface area contributed by atoms with E-state index in [1.165, 1.54) is 12.8 Å². The van der Waals surface area contributed by atoms with Crippen LogP contribution in [0.5, 0.6) is 0 Å². The molecule has 0 saturated heterocycles. The summed E-state index contributed by atoms with van der Waals surface area (Å²) in [6, 6.07) is 0. The number of nitrogens with zero attached hydrogens (tertiary/aromatic N) is 1. The van der Waals surface area contributed by atoms with Crippen LogP contribution in [0, 0.1) is 5.92 Å². The van der Waals surface area contributed by atoms with Gasteiger partial charge in [-0.2, -0.15) is 0 Å². The Bertz CT molecular complexity index is 230. The number of rotatable bonds is 4. The Hall–Kier alpha value is -0.790. The summed E-state index contributed by atoms with van der Waals surface area (Å²) in [6.45, 7) is 2.18. The molecule has 0 radical (unpaired) electrons. The number of Topliss-reactive ketones (excluding diaryl/α,β-unsaturated/α-hetero) is 1. The molecule has 1 unspecified atom stereocenters. The molecular formula is C12H21NO. The zero-order valence-corrected chi connectivity index (χ0v) is 9.55. The molecule has 1 aliphatic carbocycles. The number of hydrogen-bond donors (Lipinski definition) is 0. The molecular weight excluding hydrogens is 174 g/mol. The Morgan fingerprint density at radius 3 is 2.79 bits per heavy atom. The van der Waals surface area contributed by atoms with Gasteiger partial charge >= 0.3 is 0 Å². The molecule has 1 atom stereocenters. The maximum Gasteiger partial charge on any atom is 0.163 e. The fourth-order valence-corrected chi connectivity index (χ4v) is 2.01. The van der Waals surface area contributed by atoms with Crippen molar-refractivity contribution in [1.29, 1.82) is 0 Å². The molecule has 0 N–H and O–H groups in total. The van der Waals surface area contributed by atoms with Gasteiger partial charge in [0.2, 0.25) is 0 Å². The topological polar surface area (TPSA) is 20.3 Å². The smallest absolute Gasteiger partial charge is 0.163 e. The van der Waals surface area contributed by atoms with Gasteiger partial charge in [0.25, 0.3) is 0 Å². The molecule has 2 heteroatoms. The summed E-state index contributed by atoms with van der Waals surface area (Å²) in [5.41, 5.74) is 1.02. The Balaban J connectivity index is 2.51. The lowest BCUT2D eigenvalue weighted by Crippen LogP contribution is -2.10. The van der Waals surface area contributed by atoms with Crippen molar-refractivity contribution >= 4 is 5.78 Å². The van der Waals surface area contributed by atoms with Crippen molar-refractivity contribution in [3.63, 3.8) is 0 Å². The van der Waals surface area contributed by atoms with Crippen molar-refractivity contribution in [2.24, 2.45) is 5.92 Å². The maximum atomic E-state index is 11.9. The second-order valence-electron chi connectivity index (χ2n) is 4.36. The number of carbonyl (C=O) groups excluding carboxylic acids is 1. The van der Waals surface area contributed by atoms with Crippen LogP contribution in [0.3, 0.4) is 0 Å². The fourth-order valence-electron chi connectivity index (χ4n) is 2.01. The standard InChI is InChI=1S/C12H21NO/c1-4-5-6-10-7-8-11(12(10)14)9-13(2)3/h9-10H,4-8H2,1-3H3/b11-9+. The highest BCUT2D eigenvalue weighted by molar-refractivity contribution is 5.99. The molecule has 14 heavy (non-hydrogen) atoms. The molecule has 0 spiro atoms. The van der Waals surface area contributed by atoms with Crippen LogP contribution in [0.2, 0.25) is 0 Å². The van der Waals surface area contributed by atoms with Crippen molar-refractivity contribution in [2.45, 2.75) is 39.0 Å². The monoisotopic (exact) mass is 195 g/mol. The van der Waals surface area contributed by atoms with E-state index >= 15 is 0 Å². The average Bonchev–Trinajstić information content (AvgIpc) is 2.45. The van der Waals surface area contributed by atoms with Crippen LogP contribution < -0.4 is 0 Å². The molecule has 1 saturated carbocycles. The average molecular weight is 195 g/mol. The molecule has 0 aromatic heterocycles. The minimum absolute atomic E-state index is 0.321. The highest BCUT2D eigenvalue weighted by atomic mass is 16.1. The van der Waals surface area contributed by atoms with Gasteiger partial charge < -0.3 is 4.90 Å². The molecule has 1 aliphatic rings. The molecule has 0 aromatic rings. The number of ketones is 1. The van der Waals surface area contributed by atoms with Crippen LogP contribution in [0.15, 0.2) is 11.8 Å². The van der Waals surface area contributed by atoms with Crippen LogP contribution in [0.4, 0.5) is 0 Å². The maximum absolute atomic E-state index is 11.9. The van der Waals surface area contributed by atoms with Crippen molar-refractivity contribution in [3.8, 4) is 0 Å². The van der Waals surface area contributed by atoms with Crippen molar-refractivity contribution in [2.75, 3.05) is 14.1 Å². The van der Waals surface area contributed by atoms with Gasteiger partial charge in [-0.25, -0.2) is 0 Å². The summed E-state index contributed by atoms with van der Waals surface area (Å²) in [6.07, 6.45) is 7.49. The van der Waals surface area contributed by atoms with Crippen LogP contribution in [-0.2, 0) is 4.79 Å². The van der Waals surface area contributed by atoms with Crippen LogP contribution >= 0.6 is 0 Å². The van der Waals surface area contributed by atoms with E-state index in [1.807, 2.05) is 25.2 Å². The first-order valence-electron chi connectivity index (χ1n) is 5.56. The first-order chi connectivity index (χ1) is 6.65. The molecule has 1 fully saturated rings. The van der Waals surface area contributed by atoms with Crippen LogP contribution in [0.25, 0.3) is 0 Å². The third kappa shape index (κ3) is 2.86. The minimum Gasteiger partial charge on any atom is -0.383 e. The molecule has 1 rings (SSSR count). The molecule has 0 aliphatic heterocycles. The predicted octanol–water partition coefficient (Wildman–Crippen LogP) is 2.60. The molecule has 0 heterocycles. The second kappa shape index (κ2) is 5.18. The predicted molar refractivity (Wildman–Crippen MR) is 59.0 cm³/mol. The zero-order valence-electron chi connectivity index (χ0n) is 9.55. The zero-order chi connectivity index (χ0) is 10.6. The van der Waals surface area contributed by atoms with E-state index < -0.39 is 0 Å².